The summed E-state index contributed by atoms with van der Waals surface area (Å²) in [6, 6.07) is 13.9. The van der Waals surface area contributed by atoms with Gasteiger partial charge in [-0.25, -0.2) is 4.79 Å². The first-order valence-electron chi connectivity index (χ1n) is 6.63. The maximum Gasteiger partial charge on any atom is 0.335 e. The molecule has 0 heterocycles. The standard InChI is InChI=1S/C16H11ClN4O3/c17-11-4-2-5-12(8-11)19-15(22)14(9-18)21-20-13-6-1-3-10(7-13)16(23)24/h1-8,20H,(H,19,22)(H,23,24)/b21-14+. The van der Waals surface area contributed by atoms with Crippen LogP contribution in [0.15, 0.2) is 53.6 Å². The Bertz CT molecular complexity index is 858. The molecule has 0 aliphatic carbocycles. The number of amides is 1. The third-order valence-corrected chi connectivity index (χ3v) is 3.04. The largest absolute Gasteiger partial charge is 0.478 e. The van der Waals surface area contributed by atoms with E-state index in [2.05, 4.69) is 15.8 Å². The van der Waals surface area contributed by atoms with Crippen molar-refractivity contribution in [2.45, 2.75) is 0 Å². The number of nitrogens with zero attached hydrogens (tertiary/aromatic N) is 2. The summed E-state index contributed by atoms with van der Waals surface area (Å²) in [4.78, 5) is 22.9. The predicted octanol–water partition coefficient (Wildman–Crippen LogP) is 2.97. The number of hydrazone groups is 1. The van der Waals surface area contributed by atoms with Crippen molar-refractivity contribution in [2.24, 2.45) is 5.10 Å². The summed E-state index contributed by atoms with van der Waals surface area (Å²) in [5.41, 5.74) is 2.87. The molecule has 1 amide bonds. The summed E-state index contributed by atoms with van der Waals surface area (Å²) >= 11 is 5.82. The van der Waals surface area contributed by atoms with Crippen LogP contribution in [-0.2, 0) is 4.79 Å². The van der Waals surface area contributed by atoms with Crippen LogP contribution < -0.4 is 10.7 Å². The molecule has 2 aromatic rings. The van der Waals surface area contributed by atoms with Crippen LogP contribution in [-0.4, -0.2) is 22.7 Å². The van der Waals surface area contributed by atoms with Crippen LogP contribution in [0.4, 0.5) is 11.4 Å². The lowest BCUT2D eigenvalue weighted by Crippen LogP contribution is -2.22. The molecule has 0 spiro atoms. The highest BCUT2D eigenvalue weighted by molar-refractivity contribution is 6.48. The lowest BCUT2D eigenvalue weighted by atomic mass is 10.2. The monoisotopic (exact) mass is 342 g/mol. The van der Waals surface area contributed by atoms with Gasteiger partial charge in [-0.3, -0.25) is 10.2 Å². The first-order valence-corrected chi connectivity index (χ1v) is 7.01. The molecule has 0 fully saturated rings. The zero-order valence-corrected chi connectivity index (χ0v) is 12.9. The van der Waals surface area contributed by atoms with Crippen molar-refractivity contribution in [3.05, 3.63) is 59.1 Å². The van der Waals surface area contributed by atoms with Crippen molar-refractivity contribution in [3.63, 3.8) is 0 Å². The van der Waals surface area contributed by atoms with E-state index in [-0.39, 0.29) is 5.56 Å². The molecule has 8 heteroatoms. The van der Waals surface area contributed by atoms with Gasteiger partial charge in [0.2, 0.25) is 5.71 Å². The summed E-state index contributed by atoms with van der Waals surface area (Å²) in [5, 5.41) is 24.6. The lowest BCUT2D eigenvalue weighted by Gasteiger charge is -2.05. The Labute approximate surface area is 142 Å². The van der Waals surface area contributed by atoms with Gasteiger partial charge in [0.1, 0.15) is 6.07 Å². The van der Waals surface area contributed by atoms with E-state index in [1.807, 2.05) is 0 Å². The van der Waals surface area contributed by atoms with Crippen LogP contribution in [0.1, 0.15) is 10.4 Å². The minimum atomic E-state index is -1.10. The second kappa shape index (κ2) is 7.76. The minimum Gasteiger partial charge on any atom is -0.478 e. The zero-order chi connectivity index (χ0) is 17.5. The molecule has 7 nitrogen and oxygen atoms in total. The molecule has 0 unspecified atom stereocenters. The number of carbonyl (C=O) groups excluding carboxylic acids is 1. The molecule has 0 saturated carbocycles. The maximum absolute atomic E-state index is 12.0. The molecule has 0 atom stereocenters. The van der Waals surface area contributed by atoms with E-state index < -0.39 is 17.6 Å². The van der Waals surface area contributed by atoms with Gasteiger partial charge in [0, 0.05) is 10.7 Å². The normalized spacial score (nSPS) is 10.6. The lowest BCUT2D eigenvalue weighted by molar-refractivity contribution is -0.110. The topological polar surface area (TPSA) is 115 Å². The number of carboxylic acid groups (broad SMARTS) is 1. The molecule has 0 aromatic heterocycles. The molecular formula is C16H11ClN4O3. The predicted molar refractivity (Wildman–Crippen MR) is 90.2 cm³/mol. The van der Waals surface area contributed by atoms with Gasteiger partial charge in [0.15, 0.2) is 0 Å². The van der Waals surface area contributed by atoms with Gasteiger partial charge in [-0.15, -0.1) is 0 Å². The maximum atomic E-state index is 12.0. The van der Waals surface area contributed by atoms with Crippen LogP contribution in [0.5, 0.6) is 0 Å². The number of carboxylic acids is 1. The summed E-state index contributed by atoms with van der Waals surface area (Å²) in [6.45, 7) is 0. The molecule has 0 saturated heterocycles. The number of carbonyl (C=O) groups is 2. The van der Waals surface area contributed by atoms with E-state index in [0.29, 0.717) is 16.4 Å². The fraction of sp³-hybridized carbons (Fsp3) is 0. The van der Waals surface area contributed by atoms with Crippen molar-refractivity contribution in [2.75, 3.05) is 10.7 Å². The second-order valence-electron chi connectivity index (χ2n) is 4.53. The summed E-state index contributed by atoms with van der Waals surface area (Å²) < 4.78 is 0. The van der Waals surface area contributed by atoms with Gasteiger partial charge in [-0.05, 0) is 36.4 Å². The number of benzene rings is 2. The van der Waals surface area contributed by atoms with Gasteiger partial charge >= 0.3 is 5.97 Å². The molecule has 3 N–H and O–H groups in total. The van der Waals surface area contributed by atoms with Crippen molar-refractivity contribution in [1.29, 1.82) is 5.26 Å². The number of hydrogen-bond acceptors (Lipinski definition) is 5. The third-order valence-electron chi connectivity index (χ3n) is 2.81. The van der Waals surface area contributed by atoms with Gasteiger partial charge < -0.3 is 10.4 Å². The van der Waals surface area contributed by atoms with Crippen LogP contribution in [0.25, 0.3) is 0 Å². The minimum absolute atomic E-state index is 0.0529. The molecule has 2 aromatic carbocycles. The average molecular weight is 343 g/mol. The van der Waals surface area contributed by atoms with E-state index in [1.165, 1.54) is 24.3 Å². The number of halogens is 1. The Morgan fingerprint density at radius 1 is 1.12 bits per heavy atom. The van der Waals surface area contributed by atoms with E-state index in [9.17, 15) is 9.59 Å². The number of nitrogens with one attached hydrogen (secondary N) is 2. The van der Waals surface area contributed by atoms with Crippen molar-refractivity contribution >= 4 is 40.6 Å². The number of anilines is 2. The van der Waals surface area contributed by atoms with Crippen LogP contribution in [0, 0.1) is 11.3 Å². The highest BCUT2D eigenvalue weighted by atomic mass is 35.5. The first-order chi connectivity index (χ1) is 11.5. The highest BCUT2D eigenvalue weighted by Crippen LogP contribution is 2.15. The van der Waals surface area contributed by atoms with Crippen molar-refractivity contribution in [3.8, 4) is 6.07 Å². The molecule has 0 aliphatic rings. The van der Waals surface area contributed by atoms with E-state index in [0.717, 1.165) is 0 Å². The highest BCUT2D eigenvalue weighted by Gasteiger charge is 2.12. The van der Waals surface area contributed by atoms with Gasteiger partial charge in [0.05, 0.1) is 11.3 Å². The zero-order valence-electron chi connectivity index (χ0n) is 12.2. The molecule has 0 radical (unpaired) electrons. The Balaban J connectivity index is 2.11. The van der Waals surface area contributed by atoms with E-state index in [1.54, 1.807) is 30.3 Å². The summed E-state index contributed by atoms with van der Waals surface area (Å²) in [5.74, 6) is -1.82. The Hall–Kier alpha value is -3.37. The fourth-order valence-electron chi connectivity index (χ4n) is 1.73. The Kier molecular flexibility index (Phi) is 5.49. The number of aromatic carboxylic acids is 1. The summed E-state index contributed by atoms with van der Waals surface area (Å²) in [7, 11) is 0. The summed E-state index contributed by atoms with van der Waals surface area (Å²) in [6.07, 6.45) is 0. The van der Waals surface area contributed by atoms with Gasteiger partial charge in [0.25, 0.3) is 5.91 Å². The molecule has 24 heavy (non-hydrogen) atoms. The number of nitriles is 1. The van der Waals surface area contributed by atoms with Gasteiger partial charge in [-0.2, -0.15) is 10.4 Å². The second-order valence-corrected chi connectivity index (χ2v) is 4.97. The third kappa shape index (κ3) is 4.56. The van der Waals surface area contributed by atoms with Crippen molar-refractivity contribution < 1.29 is 14.7 Å². The SMILES string of the molecule is N#C/C(=N\Nc1cccc(C(=O)O)c1)C(=O)Nc1cccc(Cl)c1. The number of rotatable bonds is 5. The van der Waals surface area contributed by atoms with Crippen LogP contribution in [0.2, 0.25) is 5.02 Å². The average Bonchev–Trinajstić information content (AvgIpc) is 2.55. The fourth-order valence-corrected chi connectivity index (χ4v) is 1.92. The van der Waals surface area contributed by atoms with E-state index in [4.69, 9.17) is 22.0 Å². The molecule has 120 valence electrons. The molecular weight excluding hydrogens is 332 g/mol. The van der Waals surface area contributed by atoms with Crippen LogP contribution in [0.3, 0.4) is 0 Å². The van der Waals surface area contributed by atoms with Gasteiger partial charge in [-0.1, -0.05) is 23.7 Å². The molecule has 0 bridgehead atoms. The molecule has 2 rings (SSSR count). The molecule has 0 aliphatic heterocycles. The van der Waals surface area contributed by atoms with Crippen LogP contribution >= 0.6 is 11.6 Å². The quantitative estimate of drug-likeness (QED) is 0.570. The van der Waals surface area contributed by atoms with E-state index >= 15 is 0 Å². The Morgan fingerprint density at radius 2 is 1.83 bits per heavy atom. The Morgan fingerprint density at radius 3 is 2.50 bits per heavy atom. The number of hydrogen-bond donors (Lipinski definition) is 3. The van der Waals surface area contributed by atoms with Crippen molar-refractivity contribution in [1.82, 2.24) is 0 Å². The first kappa shape index (κ1) is 17.0. The smallest absolute Gasteiger partial charge is 0.335 e.